The molecule has 0 aliphatic carbocycles. The van der Waals surface area contributed by atoms with Gasteiger partial charge in [-0.15, -0.1) is 0 Å². The van der Waals surface area contributed by atoms with Crippen molar-refractivity contribution in [1.82, 2.24) is 5.32 Å². The zero-order valence-electron chi connectivity index (χ0n) is 18.2. The molecular weight excluding hydrogens is 502 g/mol. The van der Waals surface area contributed by atoms with Crippen molar-refractivity contribution in [2.75, 3.05) is 17.2 Å². The van der Waals surface area contributed by atoms with E-state index >= 15 is 0 Å². The Morgan fingerprint density at radius 2 is 1.64 bits per heavy atom. The van der Waals surface area contributed by atoms with Crippen LogP contribution < -0.4 is 20.7 Å². The van der Waals surface area contributed by atoms with Crippen molar-refractivity contribution >= 4 is 56.4 Å². The fourth-order valence-electron chi connectivity index (χ4n) is 2.85. The first kappa shape index (κ1) is 24.4. The van der Waals surface area contributed by atoms with Gasteiger partial charge in [-0.3, -0.25) is 14.9 Å². The van der Waals surface area contributed by atoms with Gasteiger partial charge < -0.3 is 15.4 Å². The summed E-state index contributed by atoms with van der Waals surface area (Å²) in [6, 6.07) is 21.2. The molecule has 0 fully saturated rings. The summed E-state index contributed by atoms with van der Waals surface area (Å²) in [5.74, 6) is 0.384. The largest absolute Gasteiger partial charge is 0.492 e. The number of thiocarbonyl (C=S) groups is 1. The molecule has 3 rings (SSSR count). The van der Waals surface area contributed by atoms with Crippen molar-refractivity contribution in [2.24, 2.45) is 5.92 Å². The number of carbonyl (C=O) groups is 2. The number of anilines is 2. The second-order valence-corrected chi connectivity index (χ2v) is 8.89. The van der Waals surface area contributed by atoms with Gasteiger partial charge in [0.2, 0.25) is 0 Å². The molecule has 0 bridgehead atoms. The van der Waals surface area contributed by atoms with Crippen LogP contribution in [0, 0.1) is 5.92 Å². The molecule has 8 heteroatoms. The zero-order chi connectivity index (χ0) is 23.8. The third-order valence-electron chi connectivity index (χ3n) is 4.44. The first-order chi connectivity index (χ1) is 15.8. The molecule has 0 heterocycles. The Kier molecular flexibility index (Phi) is 8.57. The standard InChI is InChI=1S/C25H24BrN3O3S/c1-16(2)15-32-22-13-12-17(14-20(22)26)23(30)29-25(33)28-21-11-7-6-10-19(21)24(31)27-18-8-4-3-5-9-18/h3-14,16H,15H2,1-2H3,(H,27,31)(H2,28,29,30,33). The van der Waals surface area contributed by atoms with Crippen LogP contribution in [0.3, 0.4) is 0 Å². The highest BCUT2D eigenvalue weighted by molar-refractivity contribution is 9.10. The van der Waals surface area contributed by atoms with E-state index in [1.54, 1.807) is 54.6 Å². The predicted octanol–water partition coefficient (Wildman–Crippen LogP) is 5.86. The number of rotatable bonds is 7. The van der Waals surface area contributed by atoms with E-state index in [9.17, 15) is 9.59 Å². The number of halogens is 1. The quantitative estimate of drug-likeness (QED) is 0.336. The van der Waals surface area contributed by atoms with Gasteiger partial charge in [-0.05, 0) is 76.5 Å². The molecule has 3 N–H and O–H groups in total. The molecule has 0 aliphatic heterocycles. The molecule has 0 saturated heterocycles. The minimum absolute atomic E-state index is 0.0798. The van der Waals surface area contributed by atoms with Gasteiger partial charge in [0.25, 0.3) is 11.8 Å². The van der Waals surface area contributed by atoms with E-state index in [1.165, 1.54) is 0 Å². The maximum absolute atomic E-state index is 12.7. The highest BCUT2D eigenvalue weighted by atomic mass is 79.9. The van der Waals surface area contributed by atoms with Crippen LogP contribution in [0.1, 0.15) is 34.6 Å². The minimum atomic E-state index is -0.380. The van der Waals surface area contributed by atoms with Gasteiger partial charge in [0.05, 0.1) is 22.3 Å². The van der Waals surface area contributed by atoms with Crippen LogP contribution in [0.5, 0.6) is 5.75 Å². The average molecular weight is 526 g/mol. The highest BCUT2D eigenvalue weighted by Crippen LogP contribution is 2.26. The number of amides is 2. The summed E-state index contributed by atoms with van der Waals surface area (Å²) >= 11 is 8.75. The summed E-state index contributed by atoms with van der Waals surface area (Å²) in [4.78, 5) is 25.4. The van der Waals surface area contributed by atoms with Gasteiger partial charge in [0.15, 0.2) is 5.11 Å². The lowest BCUT2D eigenvalue weighted by Gasteiger charge is -2.14. The molecule has 33 heavy (non-hydrogen) atoms. The van der Waals surface area contributed by atoms with Crippen LogP contribution in [0.15, 0.2) is 77.3 Å². The van der Waals surface area contributed by atoms with Crippen molar-refractivity contribution in [1.29, 1.82) is 0 Å². The fraction of sp³-hybridized carbons (Fsp3) is 0.160. The minimum Gasteiger partial charge on any atom is -0.492 e. The van der Waals surface area contributed by atoms with Gasteiger partial charge in [-0.25, -0.2) is 0 Å². The van der Waals surface area contributed by atoms with E-state index in [0.717, 1.165) is 0 Å². The number of benzene rings is 3. The lowest BCUT2D eigenvalue weighted by molar-refractivity contribution is 0.0976. The maximum Gasteiger partial charge on any atom is 0.257 e. The normalized spacial score (nSPS) is 10.4. The summed E-state index contributed by atoms with van der Waals surface area (Å²) in [6.45, 7) is 4.70. The van der Waals surface area contributed by atoms with Crippen molar-refractivity contribution in [2.45, 2.75) is 13.8 Å². The smallest absolute Gasteiger partial charge is 0.257 e. The van der Waals surface area contributed by atoms with Crippen LogP contribution in [-0.2, 0) is 0 Å². The van der Waals surface area contributed by atoms with Crippen molar-refractivity contribution in [3.8, 4) is 5.75 Å². The van der Waals surface area contributed by atoms with Gasteiger partial charge in [-0.1, -0.05) is 44.2 Å². The molecule has 3 aromatic rings. The number of carbonyl (C=O) groups excluding carboxylic acids is 2. The topological polar surface area (TPSA) is 79.5 Å². The van der Waals surface area contributed by atoms with Crippen LogP contribution in [0.4, 0.5) is 11.4 Å². The Bertz CT molecular complexity index is 1150. The summed E-state index contributed by atoms with van der Waals surface area (Å²) < 4.78 is 6.39. The first-order valence-corrected chi connectivity index (χ1v) is 11.5. The van der Waals surface area contributed by atoms with E-state index in [4.69, 9.17) is 17.0 Å². The second kappa shape index (κ2) is 11.6. The van der Waals surface area contributed by atoms with Crippen LogP contribution in [-0.4, -0.2) is 23.5 Å². The fourth-order valence-corrected chi connectivity index (χ4v) is 3.55. The molecule has 0 radical (unpaired) electrons. The SMILES string of the molecule is CC(C)COc1ccc(C(=O)NC(=S)Nc2ccccc2C(=O)Nc2ccccc2)cc1Br. The molecule has 0 spiro atoms. The predicted molar refractivity (Wildman–Crippen MR) is 139 cm³/mol. The molecule has 0 aromatic heterocycles. The van der Waals surface area contributed by atoms with Crippen LogP contribution in [0.2, 0.25) is 0 Å². The van der Waals surface area contributed by atoms with E-state index in [2.05, 4.69) is 45.7 Å². The number of ether oxygens (including phenoxy) is 1. The molecule has 0 saturated carbocycles. The highest BCUT2D eigenvalue weighted by Gasteiger charge is 2.15. The van der Waals surface area contributed by atoms with Crippen LogP contribution >= 0.6 is 28.1 Å². The molecule has 6 nitrogen and oxygen atoms in total. The molecule has 0 unspecified atom stereocenters. The monoisotopic (exact) mass is 525 g/mol. The third kappa shape index (κ3) is 7.13. The van der Waals surface area contributed by atoms with E-state index in [1.807, 2.05) is 18.2 Å². The zero-order valence-corrected chi connectivity index (χ0v) is 20.6. The lowest BCUT2D eigenvalue weighted by Crippen LogP contribution is -2.34. The maximum atomic E-state index is 12.7. The Morgan fingerprint density at radius 1 is 0.939 bits per heavy atom. The van der Waals surface area contributed by atoms with E-state index in [0.29, 0.717) is 45.2 Å². The average Bonchev–Trinajstić information content (AvgIpc) is 2.79. The Morgan fingerprint density at radius 3 is 2.33 bits per heavy atom. The van der Waals surface area contributed by atoms with Crippen molar-refractivity contribution in [3.63, 3.8) is 0 Å². The Balaban J connectivity index is 1.64. The summed E-state index contributed by atoms with van der Waals surface area (Å²) in [7, 11) is 0. The molecule has 0 aliphatic rings. The van der Waals surface area contributed by atoms with Crippen LogP contribution in [0.25, 0.3) is 0 Å². The van der Waals surface area contributed by atoms with Gasteiger partial charge >= 0.3 is 0 Å². The lowest BCUT2D eigenvalue weighted by atomic mass is 10.1. The molecule has 170 valence electrons. The molecule has 2 amide bonds. The van der Waals surface area contributed by atoms with Gasteiger partial charge in [0, 0.05) is 11.3 Å². The third-order valence-corrected chi connectivity index (χ3v) is 5.27. The number of nitrogens with one attached hydrogen (secondary N) is 3. The van der Waals surface area contributed by atoms with Crippen molar-refractivity contribution < 1.29 is 14.3 Å². The molecular formula is C25H24BrN3O3S. The summed E-state index contributed by atoms with van der Waals surface area (Å²) in [6.07, 6.45) is 0. The number of hydrogen-bond acceptors (Lipinski definition) is 4. The Labute approximate surface area is 206 Å². The molecule has 0 atom stereocenters. The van der Waals surface area contributed by atoms with E-state index < -0.39 is 0 Å². The number of para-hydroxylation sites is 2. The van der Waals surface area contributed by atoms with Gasteiger partial charge in [-0.2, -0.15) is 0 Å². The first-order valence-electron chi connectivity index (χ1n) is 10.3. The Hall–Kier alpha value is -3.23. The molecule has 3 aromatic carbocycles. The van der Waals surface area contributed by atoms with Crippen molar-refractivity contribution in [3.05, 3.63) is 88.4 Å². The second-order valence-electron chi connectivity index (χ2n) is 7.62. The summed E-state index contributed by atoms with van der Waals surface area (Å²) in [5, 5.41) is 8.50. The van der Waals surface area contributed by atoms with Gasteiger partial charge in [0.1, 0.15) is 5.75 Å². The summed E-state index contributed by atoms with van der Waals surface area (Å²) in [5.41, 5.74) is 1.97. The number of hydrogen-bond donors (Lipinski definition) is 3. The van der Waals surface area contributed by atoms with E-state index in [-0.39, 0.29) is 16.9 Å².